The van der Waals surface area contributed by atoms with Crippen LogP contribution in [0.25, 0.3) is 0 Å². The first-order chi connectivity index (χ1) is 10.6. The van der Waals surface area contributed by atoms with Crippen LogP contribution in [0.4, 0.5) is 0 Å². The number of methoxy groups -OCH3 is 1. The highest BCUT2D eigenvalue weighted by Gasteiger charge is 2.38. The van der Waals surface area contributed by atoms with Crippen LogP contribution in [0.15, 0.2) is 24.3 Å². The topological polar surface area (TPSA) is 93.8 Å². The normalized spacial score (nSPS) is 18.5. The summed E-state index contributed by atoms with van der Waals surface area (Å²) in [5.74, 6) is 0.483. The molecule has 2 rings (SSSR count). The zero-order valence-electron chi connectivity index (χ0n) is 12.9. The van der Waals surface area contributed by atoms with Crippen LogP contribution in [-0.2, 0) is 9.53 Å². The van der Waals surface area contributed by atoms with Gasteiger partial charge in [-0.3, -0.25) is 4.79 Å². The molecule has 1 saturated heterocycles. The Hall–Kier alpha value is -1.63. The molecule has 0 spiro atoms. The minimum atomic E-state index is -0.824. The summed E-state index contributed by atoms with van der Waals surface area (Å²) in [7, 11) is 1.55. The third kappa shape index (κ3) is 3.58. The zero-order chi connectivity index (χ0) is 16.0. The van der Waals surface area contributed by atoms with Gasteiger partial charge in [-0.2, -0.15) is 0 Å². The van der Waals surface area contributed by atoms with Crippen molar-refractivity contribution in [2.24, 2.45) is 11.1 Å². The molecular formula is C16H24N2O4. The standard InChI is InChI=1S/C16H24N2O4/c1-21-14-5-3-2-4-12(14)13(19)10-18-15(20)16(11-17)6-8-22-9-7-16/h2-5,13,19H,6-11,17H2,1H3,(H,18,20). The summed E-state index contributed by atoms with van der Waals surface area (Å²) in [5, 5.41) is 13.1. The molecule has 1 heterocycles. The van der Waals surface area contributed by atoms with E-state index in [0.29, 0.717) is 37.4 Å². The van der Waals surface area contributed by atoms with Crippen molar-refractivity contribution in [3.63, 3.8) is 0 Å². The Bertz CT molecular complexity index is 501. The molecule has 1 amide bonds. The maximum atomic E-state index is 12.5. The molecule has 6 nitrogen and oxygen atoms in total. The molecular weight excluding hydrogens is 284 g/mol. The van der Waals surface area contributed by atoms with E-state index in [0.717, 1.165) is 0 Å². The predicted molar refractivity (Wildman–Crippen MR) is 82.5 cm³/mol. The van der Waals surface area contributed by atoms with E-state index in [4.69, 9.17) is 15.2 Å². The Kier molecular flexibility index (Phi) is 5.76. The minimum absolute atomic E-state index is 0.118. The van der Waals surface area contributed by atoms with Crippen LogP contribution in [0.3, 0.4) is 0 Å². The van der Waals surface area contributed by atoms with Gasteiger partial charge < -0.3 is 25.6 Å². The van der Waals surface area contributed by atoms with Crippen molar-refractivity contribution in [2.45, 2.75) is 18.9 Å². The van der Waals surface area contributed by atoms with Crippen molar-refractivity contribution in [1.82, 2.24) is 5.32 Å². The first kappa shape index (κ1) is 16.7. The largest absolute Gasteiger partial charge is 0.496 e. The van der Waals surface area contributed by atoms with Gasteiger partial charge in [-0.05, 0) is 18.9 Å². The minimum Gasteiger partial charge on any atom is -0.496 e. The number of carbonyl (C=O) groups excluding carboxylic acids is 1. The van der Waals surface area contributed by atoms with Gasteiger partial charge in [0.2, 0.25) is 5.91 Å². The molecule has 1 fully saturated rings. The van der Waals surface area contributed by atoms with Crippen LogP contribution >= 0.6 is 0 Å². The van der Waals surface area contributed by atoms with Crippen LogP contribution in [0.2, 0.25) is 0 Å². The van der Waals surface area contributed by atoms with Gasteiger partial charge in [-0.25, -0.2) is 0 Å². The molecule has 4 N–H and O–H groups in total. The molecule has 1 aromatic carbocycles. The van der Waals surface area contributed by atoms with Crippen molar-refractivity contribution < 1.29 is 19.4 Å². The summed E-state index contributed by atoms with van der Waals surface area (Å²) in [5.41, 5.74) is 5.87. The maximum absolute atomic E-state index is 12.5. The van der Waals surface area contributed by atoms with E-state index in [9.17, 15) is 9.90 Å². The second kappa shape index (κ2) is 7.58. The van der Waals surface area contributed by atoms with Crippen molar-refractivity contribution in [2.75, 3.05) is 33.4 Å². The summed E-state index contributed by atoms with van der Waals surface area (Å²) >= 11 is 0. The number of carbonyl (C=O) groups is 1. The van der Waals surface area contributed by atoms with Gasteiger partial charge in [-0.15, -0.1) is 0 Å². The second-order valence-corrected chi connectivity index (χ2v) is 5.56. The molecule has 1 atom stereocenters. The Balaban J connectivity index is 1.98. The van der Waals surface area contributed by atoms with E-state index in [1.165, 1.54) is 0 Å². The molecule has 1 aliphatic heterocycles. The molecule has 0 radical (unpaired) electrons. The lowest BCUT2D eigenvalue weighted by Crippen LogP contribution is -2.49. The SMILES string of the molecule is COc1ccccc1C(O)CNC(=O)C1(CN)CCOCC1. The van der Waals surface area contributed by atoms with Crippen LogP contribution in [0.5, 0.6) is 5.75 Å². The highest BCUT2D eigenvalue weighted by molar-refractivity contribution is 5.83. The lowest BCUT2D eigenvalue weighted by atomic mass is 9.79. The third-order valence-corrected chi connectivity index (χ3v) is 4.28. The highest BCUT2D eigenvalue weighted by atomic mass is 16.5. The number of hydrogen-bond acceptors (Lipinski definition) is 5. The van der Waals surface area contributed by atoms with E-state index >= 15 is 0 Å². The van der Waals surface area contributed by atoms with Gasteiger partial charge in [0.05, 0.1) is 18.6 Å². The number of amides is 1. The summed E-state index contributed by atoms with van der Waals surface area (Å²) in [6.45, 7) is 1.49. The number of aliphatic hydroxyl groups excluding tert-OH is 1. The number of ether oxygens (including phenoxy) is 2. The molecule has 1 aromatic rings. The predicted octanol–water partition coefficient (Wildman–Crippen LogP) is 0.600. The van der Waals surface area contributed by atoms with E-state index in [1.54, 1.807) is 19.2 Å². The molecule has 0 bridgehead atoms. The first-order valence-corrected chi connectivity index (χ1v) is 7.50. The average molecular weight is 308 g/mol. The number of nitrogens with one attached hydrogen (secondary N) is 1. The molecule has 6 heteroatoms. The van der Waals surface area contributed by atoms with Gasteiger partial charge in [0.1, 0.15) is 5.75 Å². The van der Waals surface area contributed by atoms with Crippen molar-refractivity contribution >= 4 is 5.91 Å². The van der Waals surface area contributed by atoms with E-state index in [2.05, 4.69) is 5.32 Å². The number of benzene rings is 1. The molecule has 0 saturated carbocycles. The molecule has 0 aromatic heterocycles. The number of nitrogens with two attached hydrogens (primary N) is 1. The van der Waals surface area contributed by atoms with Crippen LogP contribution in [0, 0.1) is 5.41 Å². The van der Waals surface area contributed by atoms with E-state index < -0.39 is 11.5 Å². The van der Waals surface area contributed by atoms with Crippen molar-refractivity contribution in [3.05, 3.63) is 29.8 Å². The number of para-hydroxylation sites is 1. The fraction of sp³-hybridized carbons (Fsp3) is 0.562. The van der Waals surface area contributed by atoms with Gasteiger partial charge >= 0.3 is 0 Å². The van der Waals surface area contributed by atoms with Crippen LogP contribution < -0.4 is 15.8 Å². The molecule has 0 aliphatic carbocycles. The van der Waals surface area contributed by atoms with Gasteiger partial charge in [0.15, 0.2) is 0 Å². The zero-order valence-corrected chi connectivity index (χ0v) is 12.9. The van der Waals surface area contributed by atoms with Crippen molar-refractivity contribution in [1.29, 1.82) is 0 Å². The lowest BCUT2D eigenvalue weighted by molar-refractivity contribution is -0.136. The third-order valence-electron chi connectivity index (χ3n) is 4.28. The monoisotopic (exact) mass is 308 g/mol. The smallest absolute Gasteiger partial charge is 0.227 e. The second-order valence-electron chi connectivity index (χ2n) is 5.56. The van der Waals surface area contributed by atoms with Gasteiger partial charge in [0.25, 0.3) is 0 Å². The molecule has 1 aliphatic rings. The summed E-state index contributed by atoms with van der Waals surface area (Å²) in [6, 6.07) is 7.21. The molecule has 1 unspecified atom stereocenters. The Labute approximate surface area is 130 Å². The number of rotatable bonds is 6. The molecule has 122 valence electrons. The number of aliphatic hydroxyl groups is 1. The lowest BCUT2D eigenvalue weighted by Gasteiger charge is -2.34. The summed E-state index contributed by atoms with van der Waals surface area (Å²) in [4.78, 5) is 12.5. The highest BCUT2D eigenvalue weighted by Crippen LogP contribution is 2.30. The van der Waals surface area contributed by atoms with E-state index in [-0.39, 0.29) is 19.0 Å². The summed E-state index contributed by atoms with van der Waals surface area (Å²) < 4.78 is 10.5. The van der Waals surface area contributed by atoms with Gasteiger partial charge in [0, 0.05) is 31.9 Å². The number of hydrogen-bond donors (Lipinski definition) is 3. The van der Waals surface area contributed by atoms with Gasteiger partial charge in [-0.1, -0.05) is 18.2 Å². The van der Waals surface area contributed by atoms with Crippen molar-refractivity contribution in [3.8, 4) is 5.75 Å². The fourth-order valence-electron chi connectivity index (χ4n) is 2.71. The summed E-state index contributed by atoms with van der Waals surface area (Å²) in [6.07, 6.45) is 0.398. The first-order valence-electron chi connectivity index (χ1n) is 7.50. The van der Waals surface area contributed by atoms with E-state index in [1.807, 2.05) is 12.1 Å². The Morgan fingerprint density at radius 1 is 1.45 bits per heavy atom. The quantitative estimate of drug-likeness (QED) is 0.715. The van der Waals surface area contributed by atoms with Crippen LogP contribution in [-0.4, -0.2) is 44.4 Å². The Morgan fingerprint density at radius 2 is 2.14 bits per heavy atom. The average Bonchev–Trinajstić information content (AvgIpc) is 2.59. The maximum Gasteiger partial charge on any atom is 0.227 e. The Morgan fingerprint density at radius 3 is 2.77 bits per heavy atom. The van der Waals surface area contributed by atoms with Crippen LogP contribution in [0.1, 0.15) is 24.5 Å². The molecule has 22 heavy (non-hydrogen) atoms. The fourth-order valence-corrected chi connectivity index (χ4v) is 2.71.